The van der Waals surface area contributed by atoms with Gasteiger partial charge in [-0.2, -0.15) is 0 Å². The van der Waals surface area contributed by atoms with Gasteiger partial charge in [0.15, 0.2) is 5.65 Å². The standard InChI is InChI=1S/C27H27N3O/c31-26(18-20-8-3-1-4-9-20)28-24-12-7-17-30-19-25(29-27(24)30)23-15-13-22(14-16-23)21-10-5-2-6-11-21/h2,5-7,10-17,19-20H,1,3-4,8-9,18H2,(H,28,31). The molecule has 0 atom stereocenters. The van der Waals surface area contributed by atoms with E-state index in [1.807, 2.05) is 35.0 Å². The Hall–Kier alpha value is -3.40. The second-order valence-corrected chi connectivity index (χ2v) is 8.48. The molecule has 0 radical (unpaired) electrons. The molecule has 2 heterocycles. The van der Waals surface area contributed by atoms with Gasteiger partial charge in [0.2, 0.25) is 5.91 Å². The number of anilines is 1. The van der Waals surface area contributed by atoms with Crippen molar-refractivity contribution in [2.24, 2.45) is 5.92 Å². The SMILES string of the molecule is O=C(CC1CCCCC1)Nc1cccn2cc(-c3ccc(-c4ccccc4)cc3)nc12. The lowest BCUT2D eigenvalue weighted by atomic mass is 9.87. The first kappa shape index (κ1) is 19.6. The van der Waals surface area contributed by atoms with Crippen LogP contribution in [-0.4, -0.2) is 15.3 Å². The Morgan fingerprint density at radius 1 is 0.871 bits per heavy atom. The second-order valence-electron chi connectivity index (χ2n) is 8.48. The Bertz CT molecular complexity index is 1170. The van der Waals surface area contributed by atoms with E-state index in [2.05, 4.69) is 53.8 Å². The number of hydrogen-bond acceptors (Lipinski definition) is 2. The molecule has 2 aromatic carbocycles. The first-order valence-corrected chi connectivity index (χ1v) is 11.2. The van der Waals surface area contributed by atoms with Gasteiger partial charge in [0, 0.05) is 24.4 Å². The molecule has 0 saturated heterocycles. The second kappa shape index (κ2) is 8.76. The third kappa shape index (κ3) is 4.38. The largest absolute Gasteiger partial charge is 0.323 e. The van der Waals surface area contributed by atoms with Gasteiger partial charge in [0.1, 0.15) is 0 Å². The number of amides is 1. The van der Waals surface area contributed by atoms with Crippen LogP contribution in [0.15, 0.2) is 79.1 Å². The molecule has 0 spiro atoms. The van der Waals surface area contributed by atoms with Gasteiger partial charge in [-0.05, 0) is 42.0 Å². The van der Waals surface area contributed by atoms with E-state index in [1.54, 1.807) is 0 Å². The Kier molecular flexibility index (Phi) is 5.53. The number of nitrogens with one attached hydrogen (secondary N) is 1. The summed E-state index contributed by atoms with van der Waals surface area (Å²) in [6.45, 7) is 0. The number of rotatable bonds is 5. The molecule has 156 valence electrons. The summed E-state index contributed by atoms with van der Waals surface area (Å²) in [5.41, 5.74) is 5.89. The number of carbonyl (C=O) groups is 1. The van der Waals surface area contributed by atoms with Crippen molar-refractivity contribution >= 4 is 17.2 Å². The van der Waals surface area contributed by atoms with Crippen molar-refractivity contribution < 1.29 is 4.79 Å². The minimum Gasteiger partial charge on any atom is -0.323 e. The van der Waals surface area contributed by atoms with E-state index in [4.69, 9.17) is 4.98 Å². The highest BCUT2D eigenvalue weighted by Gasteiger charge is 2.18. The van der Waals surface area contributed by atoms with E-state index >= 15 is 0 Å². The highest BCUT2D eigenvalue weighted by molar-refractivity contribution is 5.94. The smallest absolute Gasteiger partial charge is 0.224 e. The summed E-state index contributed by atoms with van der Waals surface area (Å²) in [7, 11) is 0. The van der Waals surface area contributed by atoms with Gasteiger partial charge >= 0.3 is 0 Å². The van der Waals surface area contributed by atoms with Crippen LogP contribution in [0, 0.1) is 5.92 Å². The fraction of sp³-hybridized carbons (Fsp3) is 0.259. The third-order valence-corrected chi connectivity index (χ3v) is 6.24. The predicted octanol–water partition coefficient (Wildman–Crippen LogP) is 6.58. The number of nitrogens with zero attached hydrogens (tertiary/aromatic N) is 2. The first-order chi connectivity index (χ1) is 15.3. The summed E-state index contributed by atoms with van der Waals surface area (Å²) in [5.74, 6) is 0.615. The number of benzene rings is 2. The molecule has 0 unspecified atom stereocenters. The minimum atomic E-state index is 0.0942. The number of carbonyl (C=O) groups excluding carboxylic acids is 1. The molecule has 31 heavy (non-hydrogen) atoms. The van der Waals surface area contributed by atoms with Gasteiger partial charge in [0.05, 0.1) is 11.4 Å². The van der Waals surface area contributed by atoms with Crippen LogP contribution < -0.4 is 5.32 Å². The van der Waals surface area contributed by atoms with E-state index in [1.165, 1.54) is 43.2 Å². The fourth-order valence-corrected chi connectivity index (χ4v) is 4.57. The number of imidazole rings is 1. The lowest BCUT2D eigenvalue weighted by Gasteiger charge is -2.20. The highest BCUT2D eigenvalue weighted by Crippen LogP contribution is 2.28. The fourth-order valence-electron chi connectivity index (χ4n) is 4.57. The maximum Gasteiger partial charge on any atom is 0.224 e. The molecule has 2 aromatic heterocycles. The summed E-state index contributed by atoms with van der Waals surface area (Å²) in [4.78, 5) is 17.5. The van der Waals surface area contributed by atoms with Crippen LogP contribution in [-0.2, 0) is 4.79 Å². The van der Waals surface area contributed by atoms with Crippen LogP contribution in [0.4, 0.5) is 5.69 Å². The summed E-state index contributed by atoms with van der Waals surface area (Å²) in [6.07, 6.45) is 10.7. The van der Waals surface area contributed by atoms with Crippen molar-refractivity contribution in [3.05, 3.63) is 79.1 Å². The maximum atomic E-state index is 12.6. The number of aromatic nitrogens is 2. The van der Waals surface area contributed by atoms with Crippen LogP contribution in [0.1, 0.15) is 38.5 Å². The van der Waals surface area contributed by atoms with Crippen molar-refractivity contribution in [2.75, 3.05) is 5.32 Å². The molecule has 1 saturated carbocycles. The molecule has 4 aromatic rings. The zero-order valence-corrected chi connectivity index (χ0v) is 17.6. The van der Waals surface area contributed by atoms with Gasteiger partial charge in [-0.25, -0.2) is 4.98 Å². The van der Waals surface area contributed by atoms with Gasteiger partial charge in [-0.1, -0.05) is 73.9 Å². The first-order valence-electron chi connectivity index (χ1n) is 11.2. The molecule has 4 nitrogen and oxygen atoms in total. The maximum absolute atomic E-state index is 12.6. The van der Waals surface area contributed by atoms with Crippen molar-refractivity contribution in [1.29, 1.82) is 0 Å². The summed E-state index contributed by atoms with van der Waals surface area (Å²) < 4.78 is 1.98. The molecule has 4 heteroatoms. The van der Waals surface area contributed by atoms with Crippen molar-refractivity contribution in [2.45, 2.75) is 38.5 Å². The zero-order valence-electron chi connectivity index (χ0n) is 17.6. The topological polar surface area (TPSA) is 46.4 Å². The average molecular weight is 410 g/mol. The Morgan fingerprint density at radius 2 is 1.58 bits per heavy atom. The van der Waals surface area contributed by atoms with Crippen molar-refractivity contribution in [3.8, 4) is 22.4 Å². The van der Waals surface area contributed by atoms with E-state index in [0.717, 1.165) is 22.6 Å². The predicted molar refractivity (Wildman–Crippen MR) is 126 cm³/mol. The lowest BCUT2D eigenvalue weighted by Crippen LogP contribution is -2.18. The number of pyridine rings is 1. The third-order valence-electron chi connectivity index (χ3n) is 6.24. The minimum absolute atomic E-state index is 0.0942. The number of hydrogen-bond donors (Lipinski definition) is 1. The molecule has 1 fully saturated rings. The van der Waals surface area contributed by atoms with Gasteiger partial charge < -0.3 is 9.72 Å². The Balaban J connectivity index is 1.36. The Morgan fingerprint density at radius 3 is 2.35 bits per heavy atom. The van der Waals surface area contributed by atoms with Crippen LogP contribution in [0.2, 0.25) is 0 Å². The molecule has 5 rings (SSSR count). The zero-order chi connectivity index (χ0) is 21.0. The molecule has 1 amide bonds. The number of fused-ring (bicyclic) bond motifs is 1. The molecule has 0 aliphatic heterocycles. The molecule has 0 bridgehead atoms. The van der Waals surface area contributed by atoms with Gasteiger partial charge in [-0.3, -0.25) is 4.79 Å². The average Bonchev–Trinajstić information content (AvgIpc) is 3.26. The summed E-state index contributed by atoms with van der Waals surface area (Å²) >= 11 is 0. The summed E-state index contributed by atoms with van der Waals surface area (Å²) in [5, 5.41) is 3.11. The van der Waals surface area contributed by atoms with Gasteiger partial charge in [0.25, 0.3) is 0 Å². The van der Waals surface area contributed by atoms with E-state index in [9.17, 15) is 4.79 Å². The van der Waals surface area contributed by atoms with E-state index in [-0.39, 0.29) is 5.91 Å². The highest BCUT2D eigenvalue weighted by atomic mass is 16.1. The van der Waals surface area contributed by atoms with Crippen molar-refractivity contribution in [3.63, 3.8) is 0 Å². The molecular weight excluding hydrogens is 382 g/mol. The molecule has 1 aliphatic carbocycles. The van der Waals surface area contributed by atoms with Crippen LogP contribution in [0.3, 0.4) is 0 Å². The monoisotopic (exact) mass is 409 g/mol. The van der Waals surface area contributed by atoms with Gasteiger partial charge in [-0.15, -0.1) is 0 Å². The van der Waals surface area contributed by atoms with Crippen molar-refractivity contribution in [1.82, 2.24) is 9.38 Å². The quantitative estimate of drug-likeness (QED) is 0.405. The normalized spacial score (nSPS) is 14.6. The van der Waals surface area contributed by atoms with Crippen LogP contribution in [0.25, 0.3) is 28.0 Å². The lowest BCUT2D eigenvalue weighted by molar-refractivity contribution is -0.117. The molecular formula is C27H27N3O. The van der Waals surface area contributed by atoms with E-state index < -0.39 is 0 Å². The molecule has 1 aliphatic rings. The van der Waals surface area contributed by atoms with Crippen LogP contribution in [0.5, 0.6) is 0 Å². The molecule has 1 N–H and O–H groups in total. The summed E-state index contributed by atoms with van der Waals surface area (Å²) in [6, 6.07) is 22.7. The van der Waals surface area contributed by atoms with E-state index in [0.29, 0.717) is 12.3 Å². The Labute approximate surface area is 183 Å². The van der Waals surface area contributed by atoms with Crippen LogP contribution >= 0.6 is 0 Å².